The third-order valence-electron chi connectivity index (χ3n) is 8.27. The summed E-state index contributed by atoms with van der Waals surface area (Å²) in [5.41, 5.74) is 1.14. The van der Waals surface area contributed by atoms with Crippen LogP contribution in [0.2, 0.25) is 0 Å². The molecule has 0 heterocycles. The topological polar surface area (TPSA) is 57.5 Å². The highest BCUT2D eigenvalue weighted by atomic mass is 16.3. The van der Waals surface area contributed by atoms with E-state index in [9.17, 15) is 15.0 Å². The van der Waals surface area contributed by atoms with E-state index in [4.69, 9.17) is 0 Å². The predicted molar refractivity (Wildman–Crippen MR) is 88.7 cm³/mol. The zero-order valence-corrected chi connectivity index (χ0v) is 14.4. The van der Waals surface area contributed by atoms with E-state index >= 15 is 0 Å². The summed E-state index contributed by atoms with van der Waals surface area (Å²) in [4.78, 5) is 11.9. The highest BCUT2D eigenvalue weighted by Crippen LogP contribution is 2.66. The molecule has 2 N–H and O–H groups in total. The third-order valence-corrected chi connectivity index (χ3v) is 8.27. The van der Waals surface area contributed by atoms with Crippen LogP contribution in [0, 0.1) is 34.5 Å². The zero-order chi connectivity index (χ0) is 16.4. The lowest BCUT2D eigenvalue weighted by atomic mass is 9.45. The van der Waals surface area contributed by atoms with Crippen LogP contribution in [0.4, 0.5) is 0 Å². The van der Waals surface area contributed by atoms with E-state index in [-0.39, 0.29) is 29.3 Å². The Morgan fingerprint density at radius 2 is 2.00 bits per heavy atom. The summed E-state index contributed by atoms with van der Waals surface area (Å²) in [6, 6.07) is 0. The molecule has 0 bridgehead atoms. The van der Waals surface area contributed by atoms with Gasteiger partial charge in [-0.05, 0) is 73.7 Å². The third kappa shape index (κ3) is 1.99. The predicted octanol–water partition coefficient (Wildman–Crippen LogP) is 3.10. The molecule has 3 fully saturated rings. The molecule has 3 saturated carbocycles. The van der Waals surface area contributed by atoms with Crippen molar-refractivity contribution in [1.82, 2.24) is 0 Å². The quantitative estimate of drug-likeness (QED) is 0.781. The lowest BCUT2D eigenvalue weighted by Crippen LogP contribution is -2.55. The summed E-state index contributed by atoms with van der Waals surface area (Å²) in [5.74, 6) is 2.44. The molecule has 4 rings (SSSR count). The first-order valence-electron chi connectivity index (χ1n) is 9.45. The molecule has 23 heavy (non-hydrogen) atoms. The lowest BCUT2D eigenvalue weighted by molar-refractivity contribution is -0.123. The van der Waals surface area contributed by atoms with Gasteiger partial charge in [-0.25, -0.2) is 0 Å². The Bertz CT molecular complexity index is 553. The van der Waals surface area contributed by atoms with Gasteiger partial charge in [0.05, 0.1) is 12.7 Å². The molecule has 0 aromatic carbocycles. The fourth-order valence-electron chi connectivity index (χ4n) is 6.99. The normalized spacial score (nSPS) is 52.4. The number of aliphatic hydroxyl groups is 2. The number of aliphatic hydroxyl groups excluding tert-OH is 2. The summed E-state index contributed by atoms with van der Waals surface area (Å²) in [6.07, 6.45) is 8.30. The molecule has 0 aromatic heterocycles. The average Bonchev–Trinajstić information content (AvgIpc) is 2.83. The number of ketones is 1. The zero-order valence-electron chi connectivity index (χ0n) is 14.4. The molecule has 2 unspecified atom stereocenters. The van der Waals surface area contributed by atoms with Crippen LogP contribution >= 0.6 is 0 Å². The summed E-state index contributed by atoms with van der Waals surface area (Å²) in [6.45, 7) is 4.81. The summed E-state index contributed by atoms with van der Waals surface area (Å²) < 4.78 is 0. The van der Waals surface area contributed by atoms with E-state index < -0.39 is 0 Å². The smallest absolute Gasteiger partial charge is 0.155 e. The van der Waals surface area contributed by atoms with Gasteiger partial charge >= 0.3 is 0 Å². The highest BCUT2D eigenvalue weighted by Gasteiger charge is 2.61. The Morgan fingerprint density at radius 3 is 2.74 bits per heavy atom. The summed E-state index contributed by atoms with van der Waals surface area (Å²) in [5, 5.41) is 20.9. The highest BCUT2D eigenvalue weighted by molar-refractivity contribution is 5.91. The Labute approximate surface area is 139 Å². The largest absolute Gasteiger partial charge is 0.395 e. The molecule has 0 aliphatic heterocycles. The Kier molecular flexibility index (Phi) is 3.55. The van der Waals surface area contributed by atoms with E-state index in [1.807, 2.05) is 6.08 Å². The molecule has 3 heteroatoms. The van der Waals surface area contributed by atoms with Crippen LogP contribution in [-0.4, -0.2) is 28.7 Å². The maximum Gasteiger partial charge on any atom is 0.155 e. The standard InChI is InChI=1S/C20H30O3/c1-12-9-13-10-14(22)5-8-20(13,11-21)16-6-7-19(2)15(18(12)16)3-4-17(19)23/h10,12,15-18,21,23H,3-9,11H2,1-2H3/t12?,15-,16+,17?,18-,19-,20+/m0/s1. The van der Waals surface area contributed by atoms with Gasteiger partial charge in [-0.1, -0.05) is 19.4 Å². The van der Waals surface area contributed by atoms with Crippen LogP contribution in [-0.2, 0) is 4.79 Å². The molecule has 3 nitrogen and oxygen atoms in total. The van der Waals surface area contributed by atoms with E-state index in [0.29, 0.717) is 30.1 Å². The second-order valence-corrected chi connectivity index (χ2v) is 9.06. The van der Waals surface area contributed by atoms with E-state index in [1.165, 1.54) is 5.57 Å². The minimum absolute atomic E-state index is 0.0672. The molecule has 0 aromatic rings. The fraction of sp³-hybridized carbons (Fsp3) is 0.850. The first-order chi connectivity index (χ1) is 10.9. The van der Waals surface area contributed by atoms with Crippen molar-refractivity contribution in [3.63, 3.8) is 0 Å². The number of hydrogen-bond donors (Lipinski definition) is 2. The van der Waals surface area contributed by atoms with Crippen molar-refractivity contribution in [1.29, 1.82) is 0 Å². The van der Waals surface area contributed by atoms with Crippen LogP contribution in [0.3, 0.4) is 0 Å². The van der Waals surface area contributed by atoms with Crippen molar-refractivity contribution in [2.45, 2.75) is 64.9 Å². The minimum atomic E-state index is -0.157. The summed E-state index contributed by atoms with van der Waals surface area (Å²) in [7, 11) is 0. The van der Waals surface area contributed by atoms with Gasteiger partial charge in [0.25, 0.3) is 0 Å². The van der Waals surface area contributed by atoms with Crippen molar-refractivity contribution in [3.05, 3.63) is 11.6 Å². The van der Waals surface area contributed by atoms with E-state index in [2.05, 4.69) is 13.8 Å². The maximum atomic E-state index is 11.9. The molecule has 0 radical (unpaired) electrons. The average molecular weight is 318 g/mol. The fourth-order valence-corrected chi connectivity index (χ4v) is 6.99. The second kappa shape index (κ2) is 5.16. The number of fused-ring (bicyclic) bond motifs is 5. The van der Waals surface area contributed by atoms with E-state index in [0.717, 1.165) is 38.5 Å². The Hall–Kier alpha value is -0.670. The van der Waals surface area contributed by atoms with Gasteiger partial charge in [-0.3, -0.25) is 4.79 Å². The SMILES string of the molecule is CC1CC2=CC(=O)CC[C@]2(CO)[C@@H]2CC[C@]3(C)C(O)CC[C@H]3[C@H]12. The molecular weight excluding hydrogens is 288 g/mol. The number of carbonyl (C=O) groups is 1. The monoisotopic (exact) mass is 318 g/mol. The van der Waals surface area contributed by atoms with Gasteiger partial charge in [-0.15, -0.1) is 0 Å². The molecule has 0 saturated heterocycles. The van der Waals surface area contributed by atoms with Crippen molar-refractivity contribution >= 4 is 5.78 Å². The van der Waals surface area contributed by atoms with Crippen LogP contribution < -0.4 is 0 Å². The molecular formula is C20H30O3. The molecule has 0 spiro atoms. The first-order valence-corrected chi connectivity index (χ1v) is 9.45. The van der Waals surface area contributed by atoms with Gasteiger partial charge in [0.15, 0.2) is 5.78 Å². The molecule has 7 atom stereocenters. The van der Waals surface area contributed by atoms with Gasteiger partial charge in [0.2, 0.25) is 0 Å². The lowest BCUT2D eigenvalue weighted by Gasteiger charge is -2.60. The number of carbonyl (C=O) groups excluding carboxylic acids is 1. The van der Waals surface area contributed by atoms with Crippen molar-refractivity contribution in [3.8, 4) is 0 Å². The van der Waals surface area contributed by atoms with Gasteiger partial charge in [-0.2, -0.15) is 0 Å². The summed E-state index contributed by atoms with van der Waals surface area (Å²) >= 11 is 0. The van der Waals surface area contributed by atoms with Gasteiger partial charge in [0, 0.05) is 11.8 Å². The van der Waals surface area contributed by atoms with Crippen LogP contribution in [0.15, 0.2) is 11.6 Å². The van der Waals surface area contributed by atoms with Crippen LogP contribution in [0.1, 0.15) is 58.8 Å². The number of hydrogen-bond acceptors (Lipinski definition) is 3. The molecule has 4 aliphatic carbocycles. The van der Waals surface area contributed by atoms with Gasteiger partial charge in [0.1, 0.15) is 0 Å². The molecule has 0 amide bonds. The van der Waals surface area contributed by atoms with Crippen LogP contribution in [0.5, 0.6) is 0 Å². The van der Waals surface area contributed by atoms with Gasteiger partial charge < -0.3 is 10.2 Å². The Balaban J connectivity index is 1.76. The van der Waals surface area contributed by atoms with Crippen molar-refractivity contribution < 1.29 is 15.0 Å². The van der Waals surface area contributed by atoms with E-state index in [1.54, 1.807) is 0 Å². The first kappa shape index (κ1) is 15.8. The van der Waals surface area contributed by atoms with Crippen molar-refractivity contribution in [2.75, 3.05) is 6.61 Å². The minimum Gasteiger partial charge on any atom is -0.395 e. The molecule has 128 valence electrons. The second-order valence-electron chi connectivity index (χ2n) is 9.06. The van der Waals surface area contributed by atoms with Crippen LogP contribution in [0.25, 0.3) is 0 Å². The number of rotatable bonds is 1. The van der Waals surface area contributed by atoms with Crippen molar-refractivity contribution in [2.24, 2.45) is 34.5 Å². The Morgan fingerprint density at radius 1 is 1.22 bits per heavy atom. The maximum absolute atomic E-state index is 11.9. The molecule has 4 aliphatic rings.